The van der Waals surface area contributed by atoms with E-state index in [1.807, 2.05) is 26.2 Å². The Kier molecular flexibility index (Phi) is 4.81. The van der Waals surface area contributed by atoms with Gasteiger partial charge in [-0.1, -0.05) is 0 Å². The minimum Gasteiger partial charge on any atom is -0.468 e. The van der Waals surface area contributed by atoms with Crippen molar-refractivity contribution in [2.45, 2.75) is 6.04 Å². The summed E-state index contributed by atoms with van der Waals surface area (Å²) in [6, 6.07) is 3.96. The van der Waals surface area contributed by atoms with Crippen LogP contribution in [0.2, 0.25) is 0 Å². The third kappa shape index (κ3) is 3.71. The van der Waals surface area contributed by atoms with Gasteiger partial charge < -0.3 is 19.8 Å². The largest absolute Gasteiger partial charge is 0.468 e. The van der Waals surface area contributed by atoms with Gasteiger partial charge in [0.05, 0.1) is 32.1 Å². The van der Waals surface area contributed by atoms with E-state index in [1.54, 1.807) is 6.26 Å². The lowest BCUT2D eigenvalue weighted by Crippen LogP contribution is -2.45. The fourth-order valence-corrected chi connectivity index (χ4v) is 2.06. The first kappa shape index (κ1) is 13.9. The summed E-state index contributed by atoms with van der Waals surface area (Å²) >= 11 is 0. The molecule has 2 rings (SSSR count). The van der Waals surface area contributed by atoms with Gasteiger partial charge in [0.15, 0.2) is 5.96 Å². The van der Waals surface area contributed by atoms with Crippen LogP contribution in [0.4, 0.5) is 0 Å². The van der Waals surface area contributed by atoms with Crippen LogP contribution in [-0.4, -0.2) is 62.7 Å². The number of nitrogens with two attached hydrogens (primary N) is 1. The number of morpholine rings is 1. The third-order valence-corrected chi connectivity index (χ3v) is 3.26. The summed E-state index contributed by atoms with van der Waals surface area (Å²) in [5.41, 5.74) is 6.02. The van der Waals surface area contributed by atoms with Crippen LogP contribution in [0, 0.1) is 0 Å². The van der Waals surface area contributed by atoms with Gasteiger partial charge in [-0.25, -0.2) is 0 Å². The summed E-state index contributed by atoms with van der Waals surface area (Å²) in [5, 5.41) is 0. The first-order valence-electron chi connectivity index (χ1n) is 6.51. The number of aliphatic imine (C=N–C) groups is 1. The van der Waals surface area contributed by atoms with Crippen molar-refractivity contribution in [3.8, 4) is 0 Å². The second-order valence-corrected chi connectivity index (χ2v) is 4.79. The SMILES string of the molecule is CN(C)C(CN=C(N)N1CCOCC1)c1ccco1. The van der Waals surface area contributed by atoms with Gasteiger partial charge in [0.1, 0.15) is 5.76 Å². The van der Waals surface area contributed by atoms with Gasteiger partial charge in [-0.2, -0.15) is 0 Å². The smallest absolute Gasteiger partial charge is 0.191 e. The molecule has 1 aromatic rings. The van der Waals surface area contributed by atoms with Gasteiger partial charge in [0.25, 0.3) is 0 Å². The maximum atomic E-state index is 6.02. The number of ether oxygens (including phenoxy) is 1. The Bertz CT molecular complexity index is 397. The van der Waals surface area contributed by atoms with Crippen LogP contribution in [-0.2, 0) is 4.74 Å². The number of rotatable bonds is 4. The summed E-state index contributed by atoms with van der Waals surface area (Å²) in [4.78, 5) is 8.62. The Morgan fingerprint density at radius 3 is 2.79 bits per heavy atom. The highest BCUT2D eigenvalue weighted by Crippen LogP contribution is 2.18. The van der Waals surface area contributed by atoms with Crippen molar-refractivity contribution < 1.29 is 9.15 Å². The highest BCUT2D eigenvalue weighted by Gasteiger charge is 2.18. The monoisotopic (exact) mass is 266 g/mol. The summed E-state index contributed by atoms with van der Waals surface area (Å²) in [6.07, 6.45) is 1.68. The van der Waals surface area contributed by atoms with Crippen LogP contribution in [0.15, 0.2) is 27.8 Å². The first-order chi connectivity index (χ1) is 9.18. The average Bonchev–Trinajstić information content (AvgIpc) is 2.93. The summed E-state index contributed by atoms with van der Waals surface area (Å²) in [5.74, 6) is 1.49. The lowest BCUT2D eigenvalue weighted by Gasteiger charge is -2.28. The predicted molar refractivity (Wildman–Crippen MR) is 74.0 cm³/mol. The zero-order chi connectivity index (χ0) is 13.7. The molecule has 0 amide bonds. The molecule has 0 saturated carbocycles. The third-order valence-electron chi connectivity index (χ3n) is 3.26. The van der Waals surface area contributed by atoms with Gasteiger partial charge in [-0.05, 0) is 26.2 Å². The highest BCUT2D eigenvalue weighted by atomic mass is 16.5. The van der Waals surface area contributed by atoms with Crippen molar-refractivity contribution in [1.29, 1.82) is 0 Å². The molecule has 0 spiro atoms. The molecule has 2 N–H and O–H groups in total. The Hall–Kier alpha value is -1.53. The van der Waals surface area contributed by atoms with Crippen LogP contribution in [0.25, 0.3) is 0 Å². The highest BCUT2D eigenvalue weighted by molar-refractivity contribution is 5.78. The van der Waals surface area contributed by atoms with E-state index in [9.17, 15) is 0 Å². The second-order valence-electron chi connectivity index (χ2n) is 4.79. The minimum atomic E-state index is 0.106. The number of guanidine groups is 1. The molecule has 1 aromatic heterocycles. The first-order valence-corrected chi connectivity index (χ1v) is 6.51. The zero-order valence-corrected chi connectivity index (χ0v) is 11.6. The molecule has 0 radical (unpaired) electrons. The molecule has 0 aromatic carbocycles. The van der Waals surface area contributed by atoms with Gasteiger partial charge in [0.2, 0.25) is 0 Å². The molecule has 6 nitrogen and oxygen atoms in total. The van der Waals surface area contributed by atoms with E-state index >= 15 is 0 Å². The van der Waals surface area contributed by atoms with Crippen molar-refractivity contribution in [3.63, 3.8) is 0 Å². The maximum Gasteiger partial charge on any atom is 0.191 e. The lowest BCUT2D eigenvalue weighted by atomic mass is 10.2. The average molecular weight is 266 g/mol. The van der Waals surface area contributed by atoms with Gasteiger partial charge in [-0.3, -0.25) is 9.89 Å². The maximum absolute atomic E-state index is 6.02. The van der Waals surface area contributed by atoms with E-state index in [-0.39, 0.29) is 6.04 Å². The van der Waals surface area contributed by atoms with Crippen molar-refractivity contribution in [2.24, 2.45) is 10.7 Å². The van der Waals surface area contributed by atoms with Gasteiger partial charge in [-0.15, -0.1) is 0 Å². The number of nitrogens with zero attached hydrogens (tertiary/aromatic N) is 3. The minimum absolute atomic E-state index is 0.106. The molecule has 0 bridgehead atoms. The molecule has 1 atom stereocenters. The van der Waals surface area contributed by atoms with Crippen LogP contribution in [0.3, 0.4) is 0 Å². The molecule has 106 valence electrons. The molecule has 1 saturated heterocycles. The fourth-order valence-electron chi connectivity index (χ4n) is 2.06. The van der Waals surface area contributed by atoms with Crippen LogP contribution >= 0.6 is 0 Å². The van der Waals surface area contributed by atoms with Crippen molar-refractivity contribution >= 4 is 5.96 Å². The normalized spacial score (nSPS) is 18.9. The molecular weight excluding hydrogens is 244 g/mol. The predicted octanol–water partition coefficient (Wildman–Crippen LogP) is 0.529. The number of hydrogen-bond donors (Lipinski definition) is 1. The summed E-state index contributed by atoms with van der Waals surface area (Å²) < 4.78 is 10.7. The molecule has 0 aliphatic carbocycles. The van der Waals surface area contributed by atoms with E-state index in [2.05, 4.69) is 14.8 Å². The Labute approximate surface area is 113 Å². The Morgan fingerprint density at radius 2 is 2.21 bits per heavy atom. The number of furan rings is 1. The van der Waals surface area contributed by atoms with Gasteiger partial charge >= 0.3 is 0 Å². The molecule has 1 fully saturated rings. The van der Waals surface area contributed by atoms with E-state index in [0.717, 1.165) is 18.8 Å². The number of hydrogen-bond acceptors (Lipinski definition) is 4. The summed E-state index contributed by atoms with van der Waals surface area (Å²) in [7, 11) is 4.02. The number of likely N-dealkylation sites (N-methyl/N-ethyl adjacent to an activating group) is 1. The van der Waals surface area contributed by atoms with Crippen LogP contribution in [0.1, 0.15) is 11.8 Å². The Morgan fingerprint density at radius 1 is 1.47 bits per heavy atom. The lowest BCUT2D eigenvalue weighted by molar-refractivity contribution is 0.0673. The van der Waals surface area contributed by atoms with Gasteiger partial charge in [0, 0.05) is 13.1 Å². The molecular formula is C13H22N4O2. The molecule has 19 heavy (non-hydrogen) atoms. The van der Waals surface area contributed by atoms with Crippen LogP contribution in [0.5, 0.6) is 0 Å². The van der Waals surface area contributed by atoms with E-state index in [4.69, 9.17) is 14.9 Å². The van der Waals surface area contributed by atoms with Crippen molar-refractivity contribution in [1.82, 2.24) is 9.80 Å². The zero-order valence-electron chi connectivity index (χ0n) is 11.6. The van der Waals surface area contributed by atoms with Crippen LogP contribution < -0.4 is 5.73 Å². The molecule has 1 unspecified atom stereocenters. The molecule has 1 aliphatic heterocycles. The van der Waals surface area contributed by atoms with E-state index < -0.39 is 0 Å². The molecule has 6 heteroatoms. The fraction of sp³-hybridized carbons (Fsp3) is 0.615. The summed E-state index contributed by atoms with van der Waals surface area (Å²) in [6.45, 7) is 3.63. The van der Waals surface area contributed by atoms with Crippen molar-refractivity contribution in [2.75, 3.05) is 46.9 Å². The quantitative estimate of drug-likeness (QED) is 0.636. The standard InChI is InChI=1S/C13H22N4O2/c1-16(2)11(12-4-3-7-19-12)10-15-13(14)17-5-8-18-9-6-17/h3-4,7,11H,5-6,8-10H2,1-2H3,(H2,14,15). The van der Waals surface area contributed by atoms with E-state index in [1.165, 1.54) is 0 Å². The molecule has 2 heterocycles. The topological polar surface area (TPSA) is 67.2 Å². The van der Waals surface area contributed by atoms with Crippen molar-refractivity contribution in [3.05, 3.63) is 24.2 Å². The molecule has 1 aliphatic rings. The van der Waals surface area contributed by atoms with E-state index in [0.29, 0.717) is 25.7 Å². The second kappa shape index (κ2) is 6.58. The Balaban J connectivity index is 1.97.